The lowest BCUT2D eigenvalue weighted by Gasteiger charge is -2.20. The van der Waals surface area contributed by atoms with Crippen molar-refractivity contribution >= 4 is 11.6 Å². The number of aromatic nitrogens is 2. The minimum absolute atomic E-state index is 0.609. The number of hydrogen-bond acceptors (Lipinski definition) is 3. The molecule has 0 bridgehead atoms. The van der Waals surface area contributed by atoms with E-state index in [1.54, 1.807) is 0 Å². The van der Waals surface area contributed by atoms with Crippen LogP contribution in [0.25, 0.3) is 0 Å². The molecule has 0 aliphatic rings. The first-order valence-corrected chi connectivity index (χ1v) is 8.04. The molecule has 116 valence electrons. The number of aryl methyl sites for hydroxylation is 2. The maximum absolute atomic E-state index is 6.38. The molecule has 1 aromatic heterocycles. The van der Waals surface area contributed by atoms with Crippen LogP contribution in [-0.2, 0) is 19.5 Å². The number of nitrogens with one attached hydrogen (secondary N) is 1. The highest BCUT2D eigenvalue weighted by Crippen LogP contribution is 2.21. The van der Waals surface area contributed by atoms with Crippen molar-refractivity contribution in [3.8, 4) is 0 Å². The minimum Gasteiger partial charge on any atom is -0.311 e. The summed E-state index contributed by atoms with van der Waals surface area (Å²) in [5, 5.41) is 8.84. The van der Waals surface area contributed by atoms with E-state index in [4.69, 9.17) is 11.6 Å². The van der Waals surface area contributed by atoms with E-state index in [0.717, 1.165) is 55.4 Å². The molecule has 1 rings (SSSR count). The summed E-state index contributed by atoms with van der Waals surface area (Å²) in [6, 6.07) is 0.609. The second-order valence-corrected chi connectivity index (χ2v) is 5.86. The van der Waals surface area contributed by atoms with Crippen molar-refractivity contribution in [1.29, 1.82) is 0 Å². The van der Waals surface area contributed by atoms with Crippen molar-refractivity contribution in [2.75, 3.05) is 20.1 Å². The lowest BCUT2D eigenvalue weighted by atomic mass is 10.3. The van der Waals surface area contributed by atoms with Gasteiger partial charge in [-0.2, -0.15) is 5.10 Å². The molecule has 0 saturated carbocycles. The molecule has 0 amide bonds. The minimum atomic E-state index is 0.609. The highest BCUT2D eigenvalue weighted by Gasteiger charge is 2.13. The van der Waals surface area contributed by atoms with Gasteiger partial charge in [0.2, 0.25) is 0 Å². The number of nitrogens with zero attached hydrogens (tertiary/aromatic N) is 3. The van der Waals surface area contributed by atoms with Crippen LogP contribution < -0.4 is 5.32 Å². The molecule has 0 atom stereocenters. The van der Waals surface area contributed by atoms with Crippen LogP contribution in [0.5, 0.6) is 0 Å². The molecule has 5 heteroatoms. The Labute approximate surface area is 128 Å². The molecule has 20 heavy (non-hydrogen) atoms. The van der Waals surface area contributed by atoms with E-state index in [1.165, 1.54) is 0 Å². The van der Waals surface area contributed by atoms with E-state index < -0.39 is 0 Å². The van der Waals surface area contributed by atoms with Gasteiger partial charge in [0.25, 0.3) is 0 Å². The van der Waals surface area contributed by atoms with Crippen LogP contribution in [0.3, 0.4) is 0 Å². The van der Waals surface area contributed by atoms with Crippen molar-refractivity contribution in [3.05, 3.63) is 16.4 Å². The van der Waals surface area contributed by atoms with Gasteiger partial charge in [0.15, 0.2) is 0 Å². The molecular formula is C15H29ClN4. The average molecular weight is 301 g/mol. The Morgan fingerprint density at radius 3 is 2.60 bits per heavy atom. The third-order valence-electron chi connectivity index (χ3n) is 3.73. The summed E-state index contributed by atoms with van der Waals surface area (Å²) in [6.07, 6.45) is 2.03. The molecule has 1 heterocycles. The Morgan fingerprint density at radius 2 is 2.05 bits per heavy atom. The maximum Gasteiger partial charge on any atom is 0.0863 e. The van der Waals surface area contributed by atoms with Gasteiger partial charge in [-0.3, -0.25) is 4.68 Å². The fraction of sp³-hybridized carbons (Fsp3) is 0.800. The third-order valence-corrected chi connectivity index (χ3v) is 4.17. The van der Waals surface area contributed by atoms with Crippen molar-refractivity contribution in [3.63, 3.8) is 0 Å². The van der Waals surface area contributed by atoms with E-state index in [1.807, 2.05) is 4.68 Å². The van der Waals surface area contributed by atoms with Gasteiger partial charge < -0.3 is 10.2 Å². The molecule has 0 unspecified atom stereocenters. The Bertz CT molecular complexity index is 401. The molecule has 0 spiro atoms. The van der Waals surface area contributed by atoms with Crippen molar-refractivity contribution in [2.24, 2.45) is 0 Å². The molecular weight excluding hydrogens is 272 g/mol. The van der Waals surface area contributed by atoms with Gasteiger partial charge in [0.1, 0.15) is 0 Å². The first kappa shape index (κ1) is 17.5. The molecule has 0 aromatic carbocycles. The predicted molar refractivity (Wildman–Crippen MR) is 86.4 cm³/mol. The first-order valence-electron chi connectivity index (χ1n) is 7.66. The fourth-order valence-electron chi connectivity index (χ4n) is 2.10. The summed E-state index contributed by atoms with van der Waals surface area (Å²) in [6.45, 7) is 12.4. The van der Waals surface area contributed by atoms with Crippen molar-refractivity contribution in [1.82, 2.24) is 20.0 Å². The Kier molecular flexibility index (Phi) is 7.56. The van der Waals surface area contributed by atoms with Crippen molar-refractivity contribution < 1.29 is 0 Å². The smallest absolute Gasteiger partial charge is 0.0863 e. The van der Waals surface area contributed by atoms with Crippen LogP contribution in [0, 0.1) is 0 Å². The standard InChI is InChI=1S/C15H29ClN4/c1-6-13-15(16)14(20(7-2)18-13)11-17-9-8-10-19(5)12(3)4/h12,17H,6-11H2,1-5H3. The summed E-state index contributed by atoms with van der Waals surface area (Å²) in [5.74, 6) is 0. The van der Waals surface area contributed by atoms with Gasteiger partial charge >= 0.3 is 0 Å². The number of halogens is 1. The van der Waals surface area contributed by atoms with Crippen LogP contribution >= 0.6 is 11.6 Å². The van der Waals surface area contributed by atoms with E-state index in [2.05, 4.69) is 50.1 Å². The Balaban J connectivity index is 2.40. The fourth-order valence-corrected chi connectivity index (χ4v) is 2.44. The van der Waals surface area contributed by atoms with Crippen LogP contribution in [0.15, 0.2) is 0 Å². The SMILES string of the molecule is CCc1nn(CC)c(CNCCCN(C)C(C)C)c1Cl. The maximum atomic E-state index is 6.38. The highest BCUT2D eigenvalue weighted by atomic mass is 35.5. The van der Waals surface area contributed by atoms with Crippen LogP contribution in [0.2, 0.25) is 5.02 Å². The number of rotatable bonds is 9. The monoisotopic (exact) mass is 300 g/mol. The van der Waals surface area contributed by atoms with Crippen LogP contribution in [-0.4, -0.2) is 40.9 Å². The van der Waals surface area contributed by atoms with Gasteiger partial charge in [-0.25, -0.2) is 0 Å². The summed E-state index contributed by atoms with van der Waals surface area (Å²) in [4.78, 5) is 2.36. The summed E-state index contributed by atoms with van der Waals surface area (Å²) in [5.41, 5.74) is 2.12. The summed E-state index contributed by atoms with van der Waals surface area (Å²) >= 11 is 6.38. The lowest BCUT2D eigenvalue weighted by Crippen LogP contribution is -2.29. The van der Waals surface area contributed by atoms with Gasteiger partial charge in [0, 0.05) is 19.1 Å². The third kappa shape index (κ3) is 4.76. The van der Waals surface area contributed by atoms with Crippen molar-refractivity contribution in [2.45, 2.75) is 59.7 Å². The Morgan fingerprint density at radius 1 is 1.35 bits per heavy atom. The molecule has 0 fully saturated rings. The zero-order valence-electron chi connectivity index (χ0n) is 13.5. The Hall–Kier alpha value is -0.580. The molecule has 0 aliphatic carbocycles. The lowest BCUT2D eigenvalue weighted by molar-refractivity contribution is 0.269. The van der Waals surface area contributed by atoms with Gasteiger partial charge in [-0.05, 0) is 53.8 Å². The van der Waals surface area contributed by atoms with Gasteiger partial charge in [0.05, 0.1) is 16.4 Å². The molecule has 1 aromatic rings. The van der Waals surface area contributed by atoms with Gasteiger partial charge in [-0.15, -0.1) is 0 Å². The quantitative estimate of drug-likeness (QED) is 0.712. The largest absolute Gasteiger partial charge is 0.311 e. The first-order chi connectivity index (χ1) is 9.51. The van der Waals surface area contributed by atoms with E-state index in [-0.39, 0.29) is 0 Å². The topological polar surface area (TPSA) is 33.1 Å². The van der Waals surface area contributed by atoms with Crippen LogP contribution in [0.4, 0.5) is 0 Å². The highest BCUT2D eigenvalue weighted by molar-refractivity contribution is 6.31. The normalized spacial score (nSPS) is 11.8. The van der Waals surface area contributed by atoms with E-state index in [9.17, 15) is 0 Å². The average Bonchev–Trinajstić information content (AvgIpc) is 2.74. The van der Waals surface area contributed by atoms with E-state index >= 15 is 0 Å². The summed E-state index contributed by atoms with van der Waals surface area (Å²) in [7, 11) is 2.17. The molecule has 0 saturated heterocycles. The molecule has 1 N–H and O–H groups in total. The zero-order valence-corrected chi connectivity index (χ0v) is 14.3. The predicted octanol–water partition coefficient (Wildman–Crippen LogP) is 2.94. The second-order valence-electron chi connectivity index (χ2n) is 5.48. The van der Waals surface area contributed by atoms with E-state index in [0.29, 0.717) is 6.04 Å². The van der Waals surface area contributed by atoms with Gasteiger partial charge in [-0.1, -0.05) is 18.5 Å². The molecule has 4 nitrogen and oxygen atoms in total. The second kappa shape index (κ2) is 8.65. The number of hydrogen-bond donors (Lipinski definition) is 1. The molecule has 0 radical (unpaired) electrons. The van der Waals surface area contributed by atoms with Crippen LogP contribution in [0.1, 0.15) is 45.5 Å². The molecule has 0 aliphatic heterocycles. The summed E-state index contributed by atoms with van der Waals surface area (Å²) < 4.78 is 2.01. The zero-order chi connectivity index (χ0) is 15.1.